The zero-order chi connectivity index (χ0) is 14.0. The van der Waals surface area contributed by atoms with Crippen molar-refractivity contribution in [3.8, 4) is 0 Å². The van der Waals surface area contributed by atoms with E-state index in [1.807, 2.05) is 0 Å². The van der Waals surface area contributed by atoms with Crippen LogP contribution in [0, 0.1) is 12.7 Å². The van der Waals surface area contributed by atoms with Crippen molar-refractivity contribution in [2.75, 3.05) is 5.32 Å². The maximum Gasteiger partial charge on any atom is 0.261 e. The van der Waals surface area contributed by atoms with Gasteiger partial charge in [-0.25, -0.2) is 4.39 Å². The van der Waals surface area contributed by atoms with Gasteiger partial charge in [0.25, 0.3) is 5.91 Å². The number of rotatable bonds is 2. The first-order chi connectivity index (χ1) is 8.97. The Morgan fingerprint density at radius 2 is 2.11 bits per heavy atom. The van der Waals surface area contributed by atoms with Gasteiger partial charge in [0.2, 0.25) is 0 Å². The van der Waals surface area contributed by atoms with Gasteiger partial charge >= 0.3 is 0 Å². The molecule has 2 rings (SSSR count). The number of aryl methyl sites for hydroxylation is 1. The van der Waals surface area contributed by atoms with Gasteiger partial charge in [0, 0.05) is 23.0 Å². The van der Waals surface area contributed by atoms with Crippen LogP contribution in [0.5, 0.6) is 0 Å². The van der Waals surface area contributed by atoms with Gasteiger partial charge in [-0.2, -0.15) is 0 Å². The van der Waals surface area contributed by atoms with Crippen LogP contribution in [0.15, 0.2) is 35.3 Å². The zero-order valence-corrected chi connectivity index (χ0v) is 10.7. The molecule has 2 aromatic rings. The van der Waals surface area contributed by atoms with Crippen molar-refractivity contribution in [1.29, 1.82) is 0 Å². The third kappa shape index (κ3) is 3.00. The molecule has 1 amide bonds. The van der Waals surface area contributed by atoms with Crippen LogP contribution < -0.4 is 10.7 Å². The van der Waals surface area contributed by atoms with E-state index in [4.69, 9.17) is 11.6 Å². The third-order valence-corrected chi connectivity index (χ3v) is 2.71. The summed E-state index contributed by atoms with van der Waals surface area (Å²) in [6.07, 6.45) is 1.29. The van der Waals surface area contributed by atoms with Gasteiger partial charge in [0.1, 0.15) is 11.4 Å². The summed E-state index contributed by atoms with van der Waals surface area (Å²) in [6.45, 7) is 1.69. The minimum atomic E-state index is -0.692. The number of benzene rings is 1. The summed E-state index contributed by atoms with van der Waals surface area (Å²) < 4.78 is 13.5. The molecular weight excluding hydrogens is 271 g/mol. The van der Waals surface area contributed by atoms with E-state index < -0.39 is 17.2 Å². The Balaban J connectivity index is 2.31. The maximum absolute atomic E-state index is 13.5. The molecule has 0 aliphatic rings. The number of amides is 1. The molecule has 0 radical (unpaired) electrons. The molecule has 0 unspecified atom stereocenters. The monoisotopic (exact) mass is 280 g/mol. The molecule has 0 atom stereocenters. The lowest BCUT2D eigenvalue weighted by Crippen LogP contribution is -2.22. The Morgan fingerprint density at radius 3 is 2.79 bits per heavy atom. The summed E-state index contributed by atoms with van der Waals surface area (Å²) >= 11 is 5.71. The Kier molecular flexibility index (Phi) is 3.66. The highest BCUT2D eigenvalue weighted by atomic mass is 35.5. The van der Waals surface area contributed by atoms with Gasteiger partial charge in [-0.05, 0) is 25.1 Å². The number of hydrogen-bond acceptors (Lipinski definition) is 2. The van der Waals surface area contributed by atoms with Crippen LogP contribution in [0.4, 0.5) is 10.1 Å². The Morgan fingerprint density at radius 1 is 1.37 bits per heavy atom. The number of nitrogens with one attached hydrogen (secondary N) is 2. The number of H-pyrrole nitrogens is 1. The Labute approximate surface area is 113 Å². The first-order valence-corrected chi connectivity index (χ1v) is 5.81. The van der Waals surface area contributed by atoms with E-state index in [-0.39, 0.29) is 16.3 Å². The summed E-state index contributed by atoms with van der Waals surface area (Å²) in [6, 6.07) is 5.07. The Hall–Kier alpha value is -2.14. The van der Waals surface area contributed by atoms with Gasteiger partial charge < -0.3 is 10.3 Å². The van der Waals surface area contributed by atoms with E-state index in [1.54, 1.807) is 6.92 Å². The topological polar surface area (TPSA) is 62.0 Å². The maximum atomic E-state index is 13.5. The molecule has 0 saturated heterocycles. The van der Waals surface area contributed by atoms with E-state index in [9.17, 15) is 14.0 Å². The number of carbonyl (C=O) groups excluding carboxylic acids is 1. The molecule has 1 heterocycles. The van der Waals surface area contributed by atoms with Crippen LogP contribution in [-0.4, -0.2) is 10.9 Å². The lowest BCUT2D eigenvalue weighted by molar-refractivity contribution is 0.102. The number of halogens is 2. The van der Waals surface area contributed by atoms with Crippen molar-refractivity contribution in [1.82, 2.24) is 4.98 Å². The highest BCUT2D eigenvalue weighted by Crippen LogP contribution is 2.19. The summed E-state index contributed by atoms with van der Waals surface area (Å²) in [5.74, 6) is -1.32. The molecule has 0 saturated carbocycles. The van der Waals surface area contributed by atoms with E-state index in [0.29, 0.717) is 5.69 Å². The van der Waals surface area contributed by atoms with Crippen molar-refractivity contribution in [2.24, 2.45) is 0 Å². The molecule has 1 aromatic carbocycles. The molecular formula is C13H10ClFN2O2. The highest BCUT2D eigenvalue weighted by molar-refractivity contribution is 6.31. The van der Waals surface area contributed by atoms with Crippen LogP contribution >= 0.6 is 11.6 Å². The quantitative estimate of drug-likeness (QED) is 0.888. The lowest BCUT2D eigenvalue weighted by atomic mass is 10.2. The molecule has 1 aromatic heterocycles. The number of hydrogen-bond donors (Lipinski definition) is 2. The fraction of sp³-hybridized carbons (Fsp3) is 0.0769. The van der Waals surface area contributed by atoms with Crippen molar-refractivity contribution in [2.45, 2.75) is 6.92 Å². The fourth-order valence-electron chi connectivity index (χ4n) is 1.53. The summed E-state index contributed by atoms with van der Waals surface area (Å²) in [4.78, 5) is 26.2. The number of pyridine rings is 1. The zero-order valence-electron chi connectivity index (χ0n) is 9.96. The molecule has 0 spiro atoms. The minimum absolute atomic E-state index is 0.0718. The summed E-state index contributed by atoms with van der Waals surface area (Å²) in [5, 5.41) is 2.60. The molecule has 19 heavy (non-hydrogen) atoms. The van der Waals surface area contributed by atoms with E-state index in [0.717, 1.165) is 6.07 Å². The highest BCUT2D eigenvalue weighted by Gasteiger charge is 2.13. The van der Waals surface area contributed by atoms with Crippen LogP contribution in [0.1, 0.15) is 16.1 Å². The SMILES string of the molecule is Cc1cc(=O)c(C(=O)Nc2cc(Cl)ccc2F)c[nH]1. The summed E-state index contributed by atoms with van der Waals surface area (Å²) in [5.41, 5.74) is 0.0362. The summed E-state index contributed by atoms with van der Waals surface area (Å²) in [7, 11) is 0. The largest absolute Gasteiger partial charge is 0.364 e. The normalized spacial score (nSPS) is 10.3. The van der Waals surface area contributed by atoms with Crippen LogP contribution in [-0.2, 0) is 0 Å². The molecule has 98 valence electrons. The molecule has 0 aliphatic carbocycles. The van der Waals surface area contributed by atoms with Crippen LogP contribution in [0.25, 0.3) is 0 Å². The third-order valence-electron chi connectivity index (χ3n) is 2.48. The number of aromatic amines is 1. The number of anilines is 1. The van der Waals surface area contributed by atoms with Gasteiger partial charge in [-0.15, -0.1) is 0 Å². The minimum Gasteiger partial charge on any atom is -0.364 e. The van der Waals surface area contributed by atoms with Crippen molar-refractivity contribution in [3.05, 3.63) is 62.8 Å². The second kappa shape index (κ2) is 5.24. The molecule has 0 bridgehead atoms. The number of carbonyl (C=O) groups is 1. The Bertz CT molecular complexity index is 697. The van der Waals surface area contributed by atoms with Gasteiger partial charge in [-0.3, -0.25) is 9.59 Å². The van der Waals surface area contributed by atoms with Crippen molar-refractivity contribution in [3.63, 3.8) is 0 Å². The van der Waals surface area contributed by atoms with Crippen LogP contribution in [0.3, 0.4) is 0 Å². The number of aromatic nitrogens is 1. The van der Waals surface area contributed by atoms with Crippen molar-refractivity contribution < 1.29 is 9.18 Å². The smallest absolute Gasteiger partial charge is 0.261 e. The fourth-order valence-corrected chi connectivity index (χ4v) is 1.71. The second-order valence-corrected chi connectivity index (χ2v) is 4.41. The van der Waals surface area contributed by atoms with Gasteiger partial charge in [-0.1, -0.05) is 11.6 Å². The predicted octanol–water partition coefficient (Wildman–Crippen LogP) is 2.73. The predicted molar refractivity (Wildman–Crippen MR) is 71.2 cm³/mol. The standard InChI is InChI=1S/C13H10ClFN2O2/c1-7-4-12(18)9(6-16-7)13(19)17-11-5-8(14)2-3-10(11)15/h2-6H,1H3,(H,16,18)(H,17,19). The molecule has 4 nitrogen and oxygen atoms in total. The molecule has 6 heteroatoms. The second-order valence-electron chi connectivity index (χ2n) is 3.97. The first kappa shape index (κ1) is 13.3. The van der Waals surface area contributed by atoms with Gasteiger partial charge in [0.15, 0.2) is 5.43 Å². The first-order valence-electron chi connectivity index (χ1n) is 5.43. The van der Waals surface area contributed by atoms with E-state index >= 15 is 0 Å². The average molecular weight is 281 g/mol. The molecule has 0 aliphatic heterocycles. The lowest BCUT2D eigenvalue weighted by Gasteiger charge is -2.06. The van der Waals surface area contributed by atoms with E-state index in [1.165, 1.54) is 24.4 Å². The molecule has 2 N–H and O–H groups in total. The van der Waals surface area contributed by atoms with Gasteiger partial charge in [0.05, 0.1) is 5.69 Å². The van der Waals surface area contributed by atoms with Crippen molar-refractivity contribution >= 4 is 23.2 Å². The van der Waals surface area contributed by atoms with E-state index in [2.05, 4.69) is 10.3 Å². The van der Waals surface area contributed by atoms with Crippen LogP contribution in [0.2, 0.25) is 5.02 Å². The molecule has 0 fully saturated rings. The average Bonchev–Trinajstić information content (AvgIpc) is 2.33.